The molecule has 0 saturated carbocycles. The molecular weight excluding hydrogens is 404 g/mol. The zero-order chi connectivity index (χ0) is 18.9. The maximum atomic E-state index is 11.9. The quantitative estimate of drug-likeness (QED) is 0.538. The number of carbonyl (C=O) groups is 2. The monoisotopic (exact) mass is 418 g/mol. The van der Waals surface area contributed by atoms with Gasteiger partial charge >= 0.3 is 0 Å². The Bertz CT molecular complexity index is 819. The smallest absolute Gasteiger partial charge is 0.236 e. The van der Waals surface area contributed by atoms with Crippen LogP contribution < -0.4 is 10.6 Å². The molecule has 3 rings (SSSR count). The first-order chi connectivity index (χ1) is 13.2. The molecule has 11 heteroatoms. The molecule has 0 aliphatic rings. The van der Waals surface area contributed by atoms with Gasteiger partial charge in [0.05, 0.1) is 11.5 Å². The first-order valence-corrected chi connectivity index (χ1v) is 10.4. The summed E-state index contributed by atoms with van der Waals surface area (Å²) in [6.45, 7) is 0. The molecule has 8 nitrogen and oxygen atoms in total. The van der Waals surface area contributed by atoms with Crippen molar-refractivity contribution in [2.24, 2.45) is 0 Å². The number of nitrogens with one attached hydrogen (secondary N) is 2. The molecule has 0 aliphatic heterocycles. The summed E-state index contributed by atoms with van der Waals surface area (Å²) in [6.07, 6.45) is 3.22. The minimum Gasteiger partial charge on any atom is -0.310 e. The fourth-order valence-electron chi connectivity index (χ4n) is 1.80. The van der Waals surface area contributed by atoms with Crippen LogP contribution in [0.5, 0.6) is 0 Å². The van der Waals surface area contributed by atoms with Gasteiger partial charge in [-0.3, -0.25) is 9.59 Å². The summed E-state index contributed by atoms with van der Waals surface area (Å²) in [5, 5.41) is 5.90. The SMILES string of the molecule is O=C(CSc1nsc(SCC(=O)Nc2ccccn2)n1)Nc1ccccn1. The third kappa shape index (κ3) is 6.62. The number of carbonyl (C=O) groups excluding carboxylic acids is 2. The summed E-state index contributed by atoms with van der Waals surface area (Å²) in [7, 11) is 0. The van der Waals surface area contributed by atoms with Crippen molar-refractivity contribution in [1.29, 1.82) is 0 Å². The highest BCUT2D eigenvalue weighted by atomic mass is 32.2. The number of rotatable bonds is 8. The maximum absolute atomic E-state index is 11.9. The van der Waals surface area contributed by atoms with Gasteiger partial charge in [0.25, 0.3) is 0 Å². The molecule has 0 fully saturated rings. The Morgan fingerprint density at radius 3 is 2.04 bits per heavy atom. The predicted molar refractivity (Wildman–Crippen MR) is 107 cm³/mol. The van der Waals surface area contributed by atoms with Gasteiger partial charge in [-0.2, -0.15) is 4.37 Å². The second kappa shape index (κ2) is 10.00. The summed E-state index contributed by atoms with van der Waals surface area (Å²) in [5.41, 5.74) is 0. The van der Waals surface area contributed by atoms with E-state index in [-0.39, 0.29) is 23.3 Å². The molecule has 0 aromatic carbocycles. The highest BCUT2D eigenvalue weighted by Crippen LogP contribution is 2.24. The van der Waals surface area contributed by atoms with Crippen molar-refractivity contribution in [3.8, 4) is 0 Å². The van der Waals surface area contributed by atoms with Crippen molar-refractivity contribution in [2.75, 3.05) is 22.1 Å². The number of pyridine rings is 2. The van der Waals surface area contributed by atoms with Crippen LogP contribution in [0, 0.1) is 0 Å². The van der Waals surface area contributed by atoms with E-state index in [4.69, 9.17) is 0 Å². The van der Waals surface area contributed by atoms with Crippen molar-refractivity contribution in [3.63, 3.8) is 0 Å². The van der Waals surface area contributed by atoms with Gasteiger partial charge in [-0.1, -0.05) is 35.7 Å². The van der Waals surface area contributed by atoms with Crippen LogP contribution in [0.15, 0.2) is 58.3 Å². The molecule has 0 unspecified atom stereocenters. The van der Waals surface area contributed by atoms with Gasteiger partial charge < -0.3 is 10.6 Å². The highest BCUT2D eigenvalue weighted by molar-refractivity contribution is 8.02. The molecular formula is C16H14N6O2S3. The first-order valence-electron chi connectivity index (χ1n) is 7.70. The molecule has 3 aromatic rings. The third-order valence-corrected chi connectivity index (χ3v) is 5.71. The summed E-state index contributed by atoms with van der Waals surface area (Å²) < 4.78 is 4.86. The number of thioether (sulfide) groups is 2. The second-order valence-electron chi connectivity index (χ2n) is 4.95. The normalized spacial score (nSPS) is 10.4. The predicted octanol–water partition coefficient (Wildman–Crippen LogP) is 2.79. The fraction of sp³-hybridized carbons (Fsp3) is 0.125. The number of amides is 2. The van der Waals surface area contributed by atoms with Crippen molar-refractivity contribution < 1.29 is 9.59 Å². The van der Waals surface area contributed by atoms with E-state index in [1.165, 1.54) is 35.1 Å². The van der Waals surface area contributed by atoms with Gasteiger partial charge in [0, 0.05) is 12.4 Å². The third-order valence-electron chi connectivity index (χ3n) is 2.91. The molecule has 0 radical (unpaired) electrons. The Hall–Kier alpha value is -2.50. The van der Waals surface area contributed by atoms with E-state index >= 15 is 0 Å². The number of anilines is 2. The average Bonchev–Trinajstić information content (AvgIpc) is 3.14. The Balaban J connectivity index is 1.40. The van der Waals surface area contributed by atoms with Gasteiger partial charge in [-0.25, -0.2) is 15.0 Å². The average molecular weight is 419 g/mol. The number of hydrogen-bond donors (Lipinski definition) is 2. The molecule has 3 heterocycles. The van der Waals surface area contributed by atoms with Crippen LogP contribution >= 0.6 is 35.1 Å². The minimum absolute atomic E-state index is 0.169. The zero-order valence-electron chi connectivity index (χ0n) is 13.9. The fourth-order valence-corrected chi connectivity index (χ4v) is 4.03. The molecule has 0 saturated heterocycles. The highest BCUT2D eigenvalue weighted by Gasteiger charge is 2.11. The van der Waals surface area contributed by atoms with Crippen molar-refractivity contribution in [2.45, 2.75) is 9.50 Å². The van der Waals surface area contributed by atoms with Crippen LogP contribution in [0.2, 0.25) is 0 Å². The lowest BCUT2D eigenvalue weighted by Gasteiger charge is -2.02. The van der Waals surface area contributed by atoms with Crippen LogP contribution in [0.3, 0.4) is 0 Å². The number of aromatic nitrogens is 4. The summed E-state index contributed by atoms with van der Waals surface area (Å²) in [5.74, 6) is 1.04. The molecule has 27 heavy (non-hydrogen) atoms. The van der Waals surface area contributed by atoms with Gasteiger partial charge in [0.2, 0.25) is 17.0 Å². The lowest BCUT2D eigenvalue weighted by molar-refractivity contribution is -0.114. The summed E-state index contributed by atoms with van der Waals surface area (Å²) in [4.78, 5) is 36.2. The Labute approximate surface area is 167 Å². The molecule has 2 amide bonds. The van der Waals surface area contributed by atoms with E-state index < -0.39 is 0 Å². The largest absolute Gasteiger partial charge is 0.310 e. The van der Waals surface area contributed by atoms with Crippen LogP contribution in [-0.4, -0.2) is 42.6 Å². The van der Waals surface area contributed by atoms with Gasteiger partial charge in [0.15, 0.2) is 4.34 Å². The van der Waals surface area contributed by atoms with Crippen molar-refractivity contribution in [1.82, 2.24) is 19.3 Å². The Morgan fingerprint density at radius 1 is 0.889 bits per heavy atom. The molecule has 0 atom stereocenters. The van der Waals surface area contributed by atoms with Gasteiger partial charge in [0.1, 0.15) is 11.6 Å². The van der Waals surface area contributed by atoms with Crippen LogP contribution in [0.25, 0.3) is 0 Å². The van der Waals surface area contributed by atoms with E-state index in [0.717, 1.165) is 0 Å². The summed E-state index contributed by atoms with van der Waals surface area (Å²) in [6, 6.07) is 10.6. The topological polar surface area (TPSA) is 110 Å². The molecule has 0 bridgehead atoms. The Morgan fingerprint density at radius 2 is 1.48 bits per heavy atom. The summed E-state index contributed by atoms with van der Waals surface area (Å²) >= 11 is 3.71. The molecule has 0 aliphatic carbocycles. The first kappa shape index (κ1) is 19.3. The van der Waals surface area contributed by atoms with E-state index in [1.807, 2.05) is 0 Å². The maximum Gasteiger partial charge on any atom is 0.236 e. The molecule has 0 spiro atoms. The molecule has 2 N–H and O–H groups in total. The van der Waals surface area contributed by atoms with Crippen molar-refractivity contribution in [3.05, 3.63) is 48.8 Å². The van der Waals surface area contributed by atoms with E-state index in [1.54, 1.807) is 48.8 Å². The van der Waals surface area contributed by atoms with Crippen LogP contribution in [-0.2, 0) is 9.59 Å². The minimum atomic E-state index is -0.183. The van der Waals surface area contributed by atoms with Crippen molar-refractivity contribution >= 4 is 58.5 Å². The van der Waals surface area contributed by atoms with E-state index in [9.17, 15) is 9.59 Å². The van der Waals surface area contributed by atoms with Gasteiger partial charge in [-0.05, 0) is 35.8 Å². The zero-order valence-corrected chi connectivity index (χ0v) is 16.3. The number of nitrogens with zero attached hydrogens (tertiary/aromatic N) is 4. The number of hydrogen-bond acceptors (Lipinski definition) is 9. The lowest BCUT2D eigenvalue weighted by atomic mass is 10.4. The molecule has 138 valence electrons. The van der Waals surface area contributed by atoms with E-state index in [0.29, 0.717) is 21.1 Å². The van der Waals surface area contributed by atoms with E-state index in [2.05, 4.69) is 30.0 Å². The second-order valence-corrected chi connectivity index (χ2v) is 7.86. The lowest BCUT2D eigenvalue weighted by Crippen LogP contribution is -2.15. The van der Waals surface area contributed by atoms with Crippen LogP contribution in [0.1, 0.15) is 0 Å². The van der Waals surface area contributed by atoms with Gasteiger partial charge in [-0.15, -0.1) is 0 Å². The Kier molecular flexibility index (Phi) is 7.13. The molecule has 3 aromatic heterocycles. The van der Waals surface area contributed by atoms with Crippen LogP contribution in [0.4, 0.5) is 11.6 Å². The standard InChI is InChI=1S/C16H14N6O2S3/c23-13(19-11-5-1-3-7-17-11)9-25-15-21-16(27-22-15)26-10-14(24)20-12-6-2-4-8-18-12/h1-8H,9-10H2,(H,17,19,23)(H,18,20,24).